The van der Waals surface area contributed by atoms with Crippen molar-refractivity contribution in [1.82, 2.24) is 0 Å². The normalized spacial score (nSPS) is 10.9. The Hall–Kier alpha value is -1.45. The smallest absolute Gasteiger partial charge is 0.411 e. The third kappa shape index (κ3) is 7.78. The van der Waals surface area contributed by atoms with Crippen LogP contribution in [0.3, 0.4) is 0 Å². The zero-order chi connectivity index (χ0) is 15.7. The van der Waals surface area contributed by atoms with E-state index in [4.69, 9.17) is 16.3 Å². The first kappa shape index (κ1) is 17.6. The standard InChI is InChI=1S/C14H13ClF4O2/c15-6-2-1-3-11-9-12(16)4-5-13(11)21-8-7-20-10-14(17,18)19/h4-5,9H,2,6-8,10H2. The molecule has 21 heavy (non-hydrogen) atoms. The van der Waals surface area contributed by atoms with E-state index >= 15 is 0 Å². The highest BCUT2D eigenvalue weighted by molar-refractivity contribution is 6.18. The van der Waals surface area contributed by atoms with Gasteiger partial charge in [0.1, 0.15) is 24.8 Å². The third-order valence-electron chi connectivity index (χ3n) is 2.14. The molecule has 0 heterocycles. The van der Waals surface area contributed by atoms with Crippen molar-refractivity contribution in [2.45, 2.75) is 12.6 Å². The van der Waals surface area contributed by atoms with E-state index in [9.17, 15) is 17.6 Å². The van der Waals surface area contributed by atoms with E-state index in [-0.39, 0.29) is 19.0 Å². The van der Waals surface area contributed by atoms with Crippen LogP contribution in [0.4, 0.5) is 17.6 Å². The van der Waals surface area contributed by atoms with Gasteiger partial charge in [0.2, 0.25) is 0 Å². The lowest BCUT2D eigenvalue weighted by atomic mass is 10.2. The van der Waals surface area contributed by atoms with Crippen molar-refractivity contribution in [3.05, 3.63) is 29.6 Å². The lowest BCUT2D eigenvalue weighted by molar-refractivity contribution is -0.175. The first-order chi connectivity index (χ1) is 9.92. The molecule has 0 saturated carbocycles. The van der Waals surface area contributed by atoms with E-state index in [1.807, 2.05) is 0 Å². The van der Waals surface area contributed by atoms with Crippen molar-refractivity contribution in [3.63, 3.8) is 0 Å². The van der Waals surface area contributed by atoms with E-state index < -0.39 is 18.6 Å². The van der Waals surface area contributed by atoms with Gasteiger partial charge in [0.15, 0.2) is 0 Å². The zero-order valence-corrected chi connectivity index (χ0v) is 11.7. The second kappa shape index (κ2) is 8.75. The quantitative estimate of drug-likeness (QED) is 0.343. The van der Waals surface area contributed by atoms with Crippen LogP contribution in [0.15, 0.2) is 18.2 Å². The molecule has 0 atom stereocenters. The average Bonchev–Trinajstić information content (AvgIpc) is 2.39. The number of halogens is 5. The van der Waals surface area contributed by atoms with Crippen LogP contribution in [0.5, 0.6) is 5.75 Å². The Morgan fingerprint density at radius 1 is 1.19 bits per heavy atom. The highest BCUT2D eigenvalue weighted by Crippen LogP contribution is 2.19. The van der Waals surface area contributed by atoms with Crippen LogP contribution in [0, 0.1) is 17.7 Å². The highest BCUT2D eigenvalue weighted by Gasteiger charge is 2.27. The number of ether oxygens (including phenoxy) is 2. The summed E-state index contributed by atoms with van der Waals surface area (Å²) in [7, 11) is 0. The number of hydrogen-bond donors (Lipinski definition) is 0. The fourth-order valence-electron chi connectivity index (χ4n) is 1.33. The minimum Gasteiger partial charge on any atom is -0.490 e. The van der Waals surface area contributed by atoms with E-state index in [2.05, 4.69) is 16.6 Å². The van der Waals surface area contributed by atoms with E-state index in [1.165, 1.54) is 18.2 Å². The van der Waals surface area contributed by atoms with Crippen LogP contribution in [-0.2, 0) is 4.74 Å². The van der Waals surface area contributed by atoms with Crippen LogP contribution in [0.25, 0.3) is 0 Å². The molecular formula is C14H13ClF4O2. The summed E-state index contributed by atoms with van der Waals surface area (Å²) in [5, 5.41) is 0. The molecule has 1 aromatic carbocycles. The van der Waals surface area contributed by atoms with E-state index in [0.29, 0.717) is 17.9 Å². The third-order valence-corrected chi connectivity index (χ3v) is 2.32. The van der Waals surface area contributed by atoms with Gasteiger partial charge in [0.25, 0.3) is 0 Å². The molecule has 0 spiro atoms. The van der Waals surface area contributed by atoms with E-state index in [1.54, 1.807) is 0 Å². The second-order valence-electron chi connectivity index (χ2n) is 3.90. The van der Waals surface area contributed by atoms with Gasteiger partial charge in [-0.25, -0.2) is 4.39 Å². The average molecular weight is 325 g/mol. The summed E-state index contributed by atoms with van der Waals surface area (Å²) in [6, 6.07) is 3.73. The molecule has 2 nitrogen and oxygen atoms in total. The molecule has 0 radical (unpaired) electrons. The Morgan fingerprint density at radius 3 is 2.62 bits per heavy atom. The molecule has 0 saturated heterocycles. The largest absolute Gasteiger partial charge is 0.490 e. The molecule has 1 rings (SSSR count). The van der Waals surface area contributed by atoms with Crippen LogP contribution < -0.4 is 4.74 Å². The van der Waals surface area contributed by atoms with Crippen molar-refractivity contribution >= 4 is 11.6 Å². The second-order valence-corrected chi connectivity index (χ2v) is 4.28. The van der Waals surface area contributed by atoms with Gasteiger partial charge in [0, 0.05) is 12.3 Å². The van der Waals surface area contributed by atoms with Gasteiger partial charge in [-0.15, -0.1) is 11.6 Å². The fourth-order valence-corrected chi connectivity index (χ4v) is 1.42. The molecule has 0 aliphatic rings. The first-order valence-electron chi connectivity index (χ1n) is 6.04. The van der Waals surface area contributed by atoms with Gasteiger partial charge < -0.3 is 9.47 Å². The van der Waals surface area contributed by atoms with Crippen molar-refractivity contribution in [3.8, 4) is 17.6 Å². The van der Waals surface area contributed by atoms with Gasteiger partial charge >= 0.3 is 6.18 Å². The van der Waals surface area contributed by atoms with Crippen LogP contribution in [0.1, 0.15) is 12.0 Å². The summed E-state index contributed by atoms with van der Waals surface area (Å²) < 4.78 is 58.3. The first-order valence-corrected chi connectivity index (χ1v) is 6.57. The molecule has 0 N–H and O–H groups in total. The predicted octanol–water partition coefficient (Wildman–Crippen LogP) is 3.76. The summed E-state index contributed by atoms with van der Waals surface area (Å²) in [6.45, 7) is -1.65. The molecule has 0 aliphatic carbocycles. The number of benzene rings is 1. The molecule has 1 aromatic rings. The van der Waals surface area contributed by atoms with Crippen molar-refractivity contribution in [1.29, 1.82) is 0 Å². The maximum atomic E-state index is 13.1. The van der Waals surface area contributed by atoms with Crippen LogP contribution >= 0.6 is 11.6 Å². The lowest BCUT2D eigenvalue weighted by Crippen LogP contribution is -2.19. The molecule has 0 fully saturated rings. The molecule has 0 aliphatic heterocycles. The Bertz CT molecular complexity index is 506. The Kier molecular flexibility index (Phi) is 7.34. The Morgan fingerprint density at radius 2 is 1.95 bits per heavy atom. The summed E-state index contributed by atoms with van der Waals surface area (Å²) in [5.41, 5.74) is 0.316. The summed E-state index contributed by atoms with van der Waals surface area (Å²) in [6.07, 6.45) is -3.93. The predicted molar refractivity (Wildman–Crippen MR) is 71.0 cm³/mol. The SMILES string of the molecule is Fc1ccc(OCCOCC(F)(F)F)c(C#CCCCl)c1. The topological polar surface area (TPSA) is 18.5 Å². The molecule has 7 heteroatoms. The maximum absolute atomic E-state index is 13.1. The minimum atomic E-state index is -4.37. The van der Waals surface area contributed by atoms with Gasteiger partial charge in [-0.05, 0) is 18.2 Å². The molecule has 0 unspecified atom stereocenters. The zero-order valence-electron chi connectivity index (χ0n) is 11.0. The number of alkyl halides is 4. The summed E-state index contributed by atoms with van der Waals surface area (Å²) >= 11 is 5.48. The maximum Gasteiger partial charge on any atom is 0.411 e. The monoisotopic (exact) mass is 324 g/mol. The molecule has 0 aromatic heterocycles. The van der Waals surface area contributed by atoms with Crippen molar-refractivity contribution < 1.29 is 27.0 Å². The lowest BCUT2D eigenvalue weighted by Gasteiger charge is -2.10. The number of rotatable bonds is 6. The molecule has 0 bridgehead atoms. The Labute approximate surface area is 125 Å². The van der Waals surface area contributed by atoms with E-state index in [0.717, 1.165) is 0 Å². The Balaban J connectivity index is 2.53. The van der Waals surface area contributed by atoms with Gasteiger partial charge in [0.05, 0.1) is 12.2 Å². The highest BCUT2D eigenvalue weighted by atomic mass is 35.5. The fraction of sp³-hybridized carbons (Fsp3) is 0.429. The molecular weight excluding hydrogens is 312 g/mol. The summed E-state index contributed by atoms with van der Waals surface area (Å²) in [4.78, 5) is 0. The van der Waals surface area contributed by atoms with Crippen molar-refractivity contribution in [2.75, 3.05) is 25.7 Å². The van der Waals surface area contributed by atoms with Gasteiger partial charge in [-0.2, -0.15) is 13.2 Å². The van der Waals surface area contributed by atoms with Crippen LogP contribution in [0.2, 0.25) is 0 Å². The van der Waals surface area contributed by atoms with Crippen molar-refractivity contribution in [2.24, 2.45) is 0 Å². The van der Waals surface area contributed by atoms with Crippen LogP contribution in [-0.4, -0.2) is 31.9 Å². The molecule has 116 valence electrons. The van der Waals surface area contributed by atoms with Gasteiger partial charge in [-0.3, -0.25) is 0 Å². The van der Waals surface area contributed by atoms with Gasteiger partial charge in [-0.1, -0.05) is 11.8 Å². The summed E-state index contributed by atoms with van der Waals surface area (Å²) in [5.74, 6) is 5.59. The molecule has 0 amide bonds. The number of hydrogen-bond acceptors (Lipinski definition) is 2. The minimum absolute atomic E-state index is 0.0914.